The minimum absolute atomic E-state index is 0.0432. The first-order valence-corrected chi connectivity index (χ1v) is 6.53. The van der Waals surface area contributed by atoms with Gasteiger partial charge in [0.1, 0.15) is 5.69 Å². The van der Waals surface area contributed by atoms with Gasteiger partial charge in [-0.2, -0.15) is 5.10 Å². The van der Waals surface area contributed by atoms with Crippen LogP contribution in [0, 0.1) is 0 Å². The highest BCUT2D eigenvalue weighted by molar-refractivity contribution is 6.34. The lowest BCUT2D eigenvalue weighted by molar-refractivity contribution is 0.0600. The normalized spacial score (nSPS) is 10.1. The number of carbonyl (C=O) groups excluding carboxylic acids is 2. The lowest BCUT2D eigenvalue weighted by Gasteiger charge is -2.09. The third-order valence-electron chi connectivity index (χ3n) is 2.83. The number of halogens is 1. The number of methoxy groups -OCH3 is 1. The van der Waals surface area contributed by atoms with E-state index in [2.05, 4.69) is 15.2 Å². The Balaban J connectivity index is 2.29. The highest BCUT2D eigenvalue weighted by atomic mass is 35.5. The fourth-order valence-corrected chi connectivity index (χ4v) is 1.84. The molecule has 0 unspecified atom stereocenters. The van der Waals surface area contributed by atoms with Gasteiger partial charge in [-0.3, -0.25) is 9.59 Å². The second-order valence-corrected chi connectivity index (χ2v) is 4.73. The van der Waals surface area contributed by atoms with Crippen LogP contribution in [-0.2, 0) is 11.8 Å². The Kier molecular flexibility index (Phi) is 4.57. The van der Waals surface area contributed by atoms with Crippen molar-refractivity contribution in [2.75, 3.05) is 12.4 Å². The summed E-state index contributed by atoms with van der Waals surface area (Å²) in [6, 6.07) is 6.88. The summed E-state index contributed by atoms with van der Waals surface area (Å²) >= 11 is 5.99. The van der Waals surface area contributed by atoms with Crippen molar-refractivity contribution in [3.05, 3.63) is 57.0 Å². The standard InChI is InChI=1S/C14H12ClN3O4/c1-18-12(19)6-5-10(17-18)13(20)16-11-7-8(14(21)22-2)3-4-9(11)15/h3-7H,1-2H3,(H,16,20). The number of amides is 1. The number of carbonyl (C=O) groups is 2. The van der Waals surface area contributed by atoms with Crippen molar-refractivity contribution < 1.29 is 14.3 Å². The molecule has 0 atom stereocenters. The van der Waals surface area contributed by atoms with Crippen LogP contribution in [0.5, 0.6) is 0 Å². The van der Waals surface area contributed by atoms with Crippen molar-refractivity contribution in [1.29, 1.82) is 0 Å². The molecule has 0 saturated carbocycles. The third kappa shape index (κ3) is 3.32. The molecule has 0 fully saturated rings. The van der Waals surface area contributed by atoms with Crippen LogP contribution in [0.4, 0.5) is 5.69 Å². The molecule has 1 aromatic heterocycles. The van der Waals surface area contributed by atoms with Gasteiger partial charge in [0.05, 0.1) is 23.4 Å². The SMILES string of the molecule is COC(=O)c1ccc(Cl)c(NC(=O)c2ccc(=O)n(C)n2)c1. The summed E-state index contributed by atoms with van der Waals surface area (Å²) in [6.07, 6.45) is 0. The van der Waals surface area contributed by atoms with Crippen molar-refractivity contribution in [3.8, 4) is 0 Å². The molecule has 0 aliphatic carbocycles. The van der Waals surface area contributed by atoms with E-state index in [0.717, 1.165) is 4.68 Å². The highest BCUT2D eigenvalue weighted by Gasteiger charge is 2.13. The molecular formula is C14H12ClN3O4. The molecule has 114 valence electrons. The number of esters is 1. The smallest absolute Gasteiger partial charge is 0.337 e. The summed E-state index contributed by atoms with van der Waals surface area (Å²) in [5.41, 5.74) is 0.199. The first kappa shape index (κ1) is 15.7. The maximum absolute atomic E-state index is 12.1. The molecule has 0 spiro atoms. The summed E-state index contributed by atoms with van der Waals surface area (Å²) in [4.78, 5) is 34.9. The molecule has 7 nitrogen and oxygen atoms in total. The molecule has 1 aromatic carbocycles. The van der Waals surface area contributed by atoms with Crippen LogP contribution < -0.4 is 10.9 Å². The fourth-order valence-electron chi connectivity index (χ4n) is 1.68. The zero-order valence-corrected chi connectivity index (χ0v) is 12.5. The van der Waals surface area contributed by atoms with Crippen molar-refractivity contribution in [3.63, 3.8) is 0 Å². The Morgan fingerprint density at radius 3 is 2.64 bits per heavy atom. The van der Waals surface area contributed by atoms with Crippen molar-refractivity contribution >= 4 is 29.2 Å². The van der Waals surface area contributed by atoms with Crippen molar-refractivity contribution in [1.82, 2.24) is 9.78 Å². The number of aryl methyl sites for hydroxylation is 1. The number of hydrogen-bond donors (Lipinski definition) is 1. The summed E-state index contributed by atoms with van der Waals surface area (Å²) in [5, 5.41) is 6.62. The van der Waals surface area contributed by atoms with Gasteiger partial charge < -0.3 is 10.1 Å². The van der Waals surface area contributed by atoms with E-state index in [1.807, 2.05) is 0 Å². The van der Waals surface area contributed by atoms with Gasteiger partial charge in [0.25, 0.3) is 11.5 Å². The average molecular weight is 322 g/mol. The Morgan fingerprint density at radius 1 is 1.27 bits per heavy atom. The van der Waals surface area contributed by atoms with Crippen LogP contribution in [0.1, 0.15) is 20.8 Å². The molecule has 0 aliphatic rings. The Morgan fingerprint density at radius 2 is 2.00 bits per heavy atom. The molecule has 1 amide bonds. The van der Waals surface area contributed by atoms with Crippen LogP contribution in [0.25, 0.3) is 0 Å². The molecule has 0 saturated heterocycles. The first-order valence-electron chi connectivity index (χ1n) is 6.16. The molecule has 2 rings (SSSR count). The van der Waals surface area contributed by atoms with E-state index in [1.165, 1.54) is 44.5 Å². The van der Waals surface area contributed by atoms with Crippen LogP contribution >= 0.6 is 11.6 Å². The van der Waals surface area contributed by atoms with Gasteiger partial charge in [-0.25, -0.2) is 9.48 Å². The minimum Gasteiger partial charge on any atom is -0.465 e. The number of nitrogens with one attached hydrogen (secondary N) is 1. The van der Waals surface area contributed by atoms with Gasteiger partial charge in [-0.05, 0) is 24.3 Å². The zero-order valence-electron chi connectivity index (χ0n) is 11.8. The molecule has 0 bridgehead atoms. The van der Waals surface area contributed by atoms with Gasteiger partial charge in [-0.15, -0.1) is 0 Å². The van der Waals surface area contributed by atoms with Gasteiger partial charge >= 0.3 is 5.97 Å². The summed E-state index contributed by atoms with van der Waals surface area (Å²) in [7, 11) is 2.69. The Bertz CT molecular complexity index is 801. The molecule has 0 radical (unpaired) electrons. The molecule has 22 heavy (non-hydrogen) atoms. The molecule has 8 heteroatoms. The number of rotatable bonds is 3. The monoisotopic (exact) mass is 321 g/mol. The van der Waals surface area contributed by atoms with E-state index >= 15 is 0 Å². The van der Waals surface area contributed by atoms with Crippen LogP contribution in [0.3, 0.4) is 0 Å². The van der Waals surface area contributed by atoms with E-state index in [9.17, 15) is 14.4 Å². The number of ether oxygens (including phenoxy) is 1. The van der Waals surface area contributed by atoms with E-state index in [4.69, 9.17) is 11.6 Å². The summed E-state index contributed by atoms with van der Waals surface area (Å²) < 4.78 is 5.65. The Hall–Kier alpha value is -2.67. The molecule has 1 heterocycles. The number of anilines is 1. The predicted molar refractivity (Wildman–Crippen MR) is 80.2 cm³/mol. The largest absolute Gasteiger partial charge is 0.465 e. The van der Waals surface area contributed by atoms with Crippen LogP contribution in [0.15, 0.2) is 35.1 Å². The van der Waals surface area contributed by atoms with E-state index in [1.54, 1.807) is 0 Å². The molecular weight excluding hydrogens is 310 g/mol. The number of benzene rings is 1. The topological polar surface area (TPSA) is 90.3 Å². The van der Waals surface area contributed by atoms with E-state index in [-0.39, 0.29) is 27.5 Å². The minimum atomic E-state index is -0.556. The molecule has 2 aromatic rings. The maximum atomic E-state index is 12.1. The lowest BCUT2D eigenvalue weighted by Crippen LogP contribution is -2.23. The first-order chi connectivity index (χ1) is 10.4. The van der Waals surface area contributed by atoms with Gasteiger partial charge in [0, 0.05) is 13.1 Å². The van der Waals surface area contributed by atoms with Gasteiger partial charge in [-0.1, -0.05) is 11.6 Å². The second-order valence-electron chi connectivity index (χ2n) is 4.32. The van der Waals surface area contributed by atoms with Gasteiger partial charge in [0.15, 0.2) is 0 Å². The van der Waals surface area contributed by atoms with Gasteiger partial charge in [0.2, 0.25) is 0 Å². The number of hydrogen-bond acceptors (Lipinski definition) is 5. The number of nitrogens with zero attached hydrogens (tertiary/aromatic N) is 2. The predicted octanol–water partition coefficient (Wildman–Crippen LogP) is 1.47. The quantitative estimate of drug-likeness (QED) is 0.865. The van der Waals surface area contributed by atoms with Crippen molar-refractivity contribution in [2.45, 2.75) is 0 Å². The van der Waals surface area contributed by atoms with Crippen LogP contribution in [-0.4, -0.2) is 28.8 Å². The molecule has 0 aliphatic heterocycles. The molecule has 1 N–H and O–H groups in total. The zero-order chi connectivity index (χ0) is 16.3. The highest BCUT2D eigenvalue weighted by Crippen LogP contribution is 2.23. The summed E-state index contributed by atoms with van der Waals surface area (Å²) in [5.74, 6) is -1.10. The number of aromatic nitrogens is 2. The van der Waals surface area contributed by atoms with E-state index < -0.39 is 11.9 Å². The Labute approximate surface area is 130 Å². The maximum Gasteiger partial charge on any atom is 0.337 e. The summed E-state index contributed by atoms with van der Waals surface area (Å²) in [6.45, 7) is 0. The second kappa shape index (κ2) is 6.40. The van der Waals surface area contributed by atoms with Crippen LogP contribution in [0.2, 0.25) is 5.02 Å². The lowest BCUT2D eigenvalue weighted by atomic mass is 10.2. The van der Waals surface area contributed by atoms with E-state index in [0.29, 0.717) is 0 Å². The van der Waals surface area contributed by atoms with Crippen molar-refractivity contribution in [2.24, 2.45) is 7.05 Å². The fraction of sp³-hybridized carbons (Fsp3) is 0.143. The third-order valence-corrected chi connectivity index (χ3v) is 3.16. The average Bonchev–Trinajstić information content (AvgIpc) is 2.51.